The summed E-state index contributed by atoms with van der Waals surface area (Å²) in [6, 6.07) is 13.5. The Labute approximate surface area is 181 Å². The van der Waals surface area contributed by atoms with E-state index in [1.54, 1.807) is 23.1 Å². The number of nitrogens with zero attached hydrogens (tertiary/aromatic N) is 2. The number of benzene rings is 2. The Hall–Kier alpha value is -3.19. The number of hydrogen-bond acceptors (Lipinski definition) is 4. The highest BCUT2D eigenvalue weighted by molar-refractivity contribution is 5.98. The molecule has 2 aromatic rings. The number of piperidine rings is 1. The number of aryl methyl sites for hydroxylation is 2. The third kappa shape index (κ3) is 3.93. The molecule has 1 N–H and O–H groups in total. The van der Waals surface area contributed by atoms with E-state index in [1.807, 2.05) is 44.2 Å². The first-order valence-corrected chi connectivity index (χ1v) is 10.4. The van der Waals surface area contributed by atoms with Crippen LogP contribution in [0.5, 0.6) is 0 Å². The van der Waals surface area contributed by atoms with Crippen LogP contribution in [0.25, 0.3) is 0 Å². The molecule has 2 saturated heterocycles. The topological polar surface area (TPSA) is 87.2 Å². The molecule has 2 amide bonds. The molecule has 1 atom stereocenters. The van der Waals surface area contributed by atoms with Gasteiger partial charge in [0, 0.05) is 37.1 Å². The van der Waals surface area contributed by atoms with Crippen LogP contribution in [0.3, 0.4) is 0 Å². The summed E-state index contributed by atoms with van der Waals surface area (Å²) in [6.45, 7) is 4.58. The molecule has 4 rings (SSSR count). The largest absolute Gasteiger partial charge is 0.480 e. The number of likely N-dealkylation sites (tertiary alicyclic amines) is 1. The molecule has 1 spiro atoms. The number of carboxylic acid groups (broad SMARTS) is 1. The number of rotatable bonds is 3. The highest BCUT2D eigenvalue weighted by atomic mass is 16.5. The lowest BCUT2D eigenvalue weighted by Gasteiger charge is -2.44. The van der Waals surface area contributed by atoms with Crippen molar-refractivity contribution in [1.29, 1.82) is 0 Å². The van der Waals surface area contributed by atoms with Crippen LogP contribution in [0.2, 0.25) is 0 Å². The molecule has 162 valence electrons. The zero-order chi connectivity index (χ0) is 22.2. The van der Waals surface area contributed by atoms with E-state index in [2.05, 4.69) is 0 Å². The normalized spacial score (nSPS) is 20.1. The van der Waals surface area contributed by atoms with E-state index in [-0.39, 0.29) is 18.4 Å². The third-order valence-electron chi connectivity index (χ3n) is 6.16. The highest BCUT2D eigenvalue weighted by Crippen LogP contribution is 2.38. The first kappa shape index (κ1) is 21.1. The van der Waals surface area contributed by atoms with Gasteiger partial charge in [-0.2, -0.15) is 0 Å². The van der Waals surface area contributed by atoms with E-state index in [4.69, 9.17) is 4.74 Å². The van der Waals surface area contributed by atoms with Gasteiger partial charge in [-0.15, -0.1) is 0 Å². The molecule has 31 heavy (non-hydrogen) atoms. The minimum absolute atomic E-state index is 0.0568. The molecule has 2 aromatic carbocycles. The second kappa shape index (κ2) is 8.15. The van der Waals surface area contributed by atoms with Gasteiger partial charge in [-0.3, -0.25) is 14.5 Å². The van der Waals surface area contributed by atoms with Crippen LogP contribution >= 0.6 is 0 Å². The minimum atomic E-state index is -1.09. The number of hydrogen-bond donors (Lipinski definition) is 1. The summed E-state index contributed by atoms with van der Waals surface area (Å²) in [4.78, 5) is 41.2. The van der Waals surface area contributed by atoms with Crippen molar-refractivity contribution in [2.45, 2.75) is 38.5 Å². The van der Waals surface area contributed by atoms with Gasteiger partial charge >= 0.3 is 5.97 Å². The maximum Gasteiger partial charge on any atom is 0.328 e. The lowest BCUT2D eigenvalue weighted by Crippen LogP contribution is -2.58. The molecule has 0 saturated carbocycles. The standard InChI is InChI=1S/C24H26N2O5/c1-16-6-8-18(9-7-16)22(28)26-20(23(29)30)15-31-24(26)10-12-25(13-11-24)21(27)19-5-3-4-17(2)14-19/h3-9,14,20H,10-13,15H2,1-2H3,(H,29,30)/t20-/m1/s1. The monoisotopic (exact) mass is 422 g/mol. The average molecular weight is 422 g/mol. The fourth-order valence-electron chi connectivity index (χ4n) is 4.41. The van der Waals surface area contributed by atoms with Gasteiger partial charge in [0.2, 0.25) is 0 Å². The Morgan fingerprint density at radius 1 is 0.935 bits per heavy atom. The van der Waals surface area contributed by atoms with Gasteiger partial charge in [-0.05, 0) is 38.1 Å². The van der Waals surface area contributed by atoms with Crippen LogP contribution in [-0.2, 0) is 9.53 Å². The third-order valence-corrected chi connectivity index (χ3v) is 6.16. The Morgan fingerprint density at radius 2 is 1.61 bits per heavy atom. The zero-order valence-electron chi connectivity index (χ0n) is 17.7. The molecule has 0 bridgehead atoms. The highest BCUT2D eigenvalue weighted by Gasteiger charge is 2.54. The van der Waals surface area contributed by atoms with E-state index in [1.165, 1.54) is 4.90 Å². The molecule has 0 radical (unpaired) electrons. The van der Waals surface area contributed by atoms with Gasteiger partial charge < -0.3 is 14.7 Å². The van der Waals surface area contributed by atoms with Gasteiger partial charge in [0.05, 0.1) is 6.61 Å². The smallest absolute Gasteiger partial charge is 0.328 e. The predicted molar refractivity (Wildman–Crippen MR) is 114 cm³/mol. The summed E-state index contributed by atoms with van der Waals surface area (Å²) in [5, 5.41) is 9.71. The van der Waals surface area contributed by atoms with Gasteiger partial charge in [0.25, 0.3) is 11.8 Å². The lowest BCUT2D eigenvalue weighted by atomic mass is 9.96. The molecular weight excluding hydrogens is 396 g/mol. The van der Waals surface area contributed by atoms with Crippen molar-refractivity contribution >= 4 is 17.8 Å². The summed E-state index contributed by atoms with van der Waals surface area (Å²) in [5.41, 5.74) is 2.06. The summed E-state index contributed by atoms with van der Waals surface area (Å²) in [6.07, 6.45) is 0.734. The second-order valence-electron chi connectivity index (χ2n) is 8.31. The van der Waals surface area contributed by atoms with Crippen molar-refractivity contribution < 1.29 is 24.2 Å². The number of aliphatic carboxylic acids is 1. The molecule has 0 aliphatic carbocycles. The number of ether oxygens (including phenoxy) is 1. The molecule has 2 fully saturated rings. The van der Waals surface area contributed by atoms with Crippen LogP contribution < -0.4 is 0 Å². The Morgan fingerprint density at radius 3 is 2.23 bits per heavy atom. The first-order chi connectivity index (χ1) is 14.8. The quantitative estimate of drug-likeness (QED) is 0.822. The number of carbonyl (C=O) groups is 3. The molecular formula is C24H26N2O5. The Balaban J connectivity index is 1.56. The van der Waals surface area contributed by atoms with E-state index in [9.17, 15) is 19.5 Å². The Bertz CT molecular complexity index is 1010. The first-order valence-electron chi connectivity index (χ1n) is 10.4. The number of carbonyl (C=O) groups excluding carboxylic acids is 2. The van der Waals surface area contributed by atoms with Crippen molar-refractivity contribution in [2.75, 3.05) is 19.7 Å². The average Bonchev–Trinajstić information content (AvgIpc) is 3.12. The van der Waals surface area contributed by atoms with E-state index in [0.717, 1.165) is 11.1 Å². The molecule has 7 nitrogen and oxygen atoms in total. The van der Waals surface area contributed by atoms with Crippen LogP contribution in [0, 0.1) is 13.8 Å². The van der Waals surface area contributed by atoms with Gasteiger partial charge in [-0.1, -0.05) is 35.4 Å². The number of carboxylic acids is 1. The van der Waals surface area contributed by atoms with Crippen LogP contribution in [0.15, 0.2) is 48.5 Å². The van der Waals surface area contributed by atoms with E-state index < -0.39 is 17.7 Å². The molecule has 0 aromatic heterocycles. The van der Waals surface area contributed by atoms with E-state index >= 15 is 0 Å². The molecule has 2 aliphatic heterocycles. The molecule has 2 heterocycles. The SMILES string of the molecule is Cc1ccc(C(=O)N2[C@@H](C(=O)O)COC23CCN(C(=O)c2cccc(C)c2)CC3)cc1. The summed E-state index contributed by atoms with van der Waals surface area (Å²) < 4.78 is 5.97. The second-order valence-corrected chi connectivity index (χ2v) is 8.31. The summed E-state index contributed by atoms with van der Waals surface area (Å²) in [7, 11) is 0. The van der Waals surface area contributed by atoms with Crippen molar-refractivity contribution in [3.63, 3.8) is 0 Å². The maximum absolute atomic E-state index is 13.3. The van der Waals surface area contributed by atoms with Gasteiger partial charge in [-0.25, -0.2) is 4.79 Å². The van der Waals surface area contributed by atoms with Crippen LogP contribution in [-0.4, -0.2) is 64.2 Å². The van der Waals surface area contributed by atoms with E-state index in [0.29, 0.717) is 37.1 Å². The van der Waals surface area contributed by atoms with Crippen molar-refractivity contribution in [2.24, 2.45) is 0 Å². The van der Waals surface area contributed by atoms with Crippen molar-refractivity contribution in [1.82, 2.24) is 9.80 Å². The molecule has 2 aliphatic rings. The molecule has 0 unspecified atom stereocenters. The lowest BCUT2D eigenvalue weighted by molar-refractivity contribution is -0.143. The predicted octanol–water partition coefficient (Wildman–Crippen LogP) is 2.86. The Kier molecular flexibility index (Phi) is 5.54. The van der Waals surface area contributed by atoms with Crippen LogP contribution in [0.4, 0.5) is 0 Å². The number of amides is 2. The van der Waals surface area contributed by atoms with Gasteiger partial charge in [0.1, 0.15) is 5.72 Å². The fourth-order valence-corrected chi connectivity index (χ4v) is 4.41. The fraction of sp³-hybridized carbons (Fsp3) is 0.375. The summed E-state index contributed by atoms with van der Waals surface area (Å²) >= 11 is 0. The van der Waals surface area contributed by atoms with Crippen molar-refractivity contribution in [3.8, 4) is 0 Å². The maximum atomic E-state index is 13.3. The molecule has 7 heteroatoms. The van der Waals surface area contributed by atoms with Gasteiger partial charge in [0.15, 0.2) is 6.04 Å². The summed E-state index contributed by atoms with van der Waals surface area (Å²) in [5.74, 6) is -1.51. The van der Waals surface area contributed by atoms with Crippen molar-refractivity contribution in [3.05, 3.63) is 70.8 Å². The minimum Gasteiger partial charge on any atom is -0.480 e. The van der Waals surface area contributed by atoms with Crippen LogP contribution in [0.1, 0.15) is 44.7 Å². The zero-order valence-corrected chi connectivity index (χ0v) is 17.7.